The Morgan fingerprint density at radius 2 is 2.17 bits per heavy atom. The predicted molar refractivity (Wildman–Crippen MR) is 91.7 cm³/mol. The summed E-state index contributed by atoms with van der Waals surface area (Å²) in [6.45, 7) is 4.39. The van der Waals surface area contributed by atoms with Crippen molar-refractivity contribution in [3.8, 4) is 0 Å². The van der Waals surface area contributed by atoms with Gasteiger partial charge in [0, 0.05) is 48.3 Å². The summed E-state index contributed by atoms with van der Waals surface area (Å²) >= 11 is 3.45. The molecule has 1 aromatic carbocycles. The van der Waals surface area contributed by atoms with Gasteiger partial charge < -0.3 is 15.0 Å². The SMILES string of the molecule is C[C@@H]1CN(C(=O)O)CCN1Cc1c[nH]c(=O)c2ccc(Br)cc12. The predicted octanol–water partition coefficient (Wildman–Crippen LogP) is 2.47. The number of nitrogens with zero attached hydrogens (tertiary/aromatic N) is 2. The van der Waals surface area contributed by atoms with Crippen LogP contribution < -0.4 is 5.56 Å². The van der Waals surface area contributed by atoms with Crippen molar-refractivity contribution < 1.29 is 9.90 Å². The third-order valence-electron chi connectivity index (χ3n) is 4.36. The van der Waals surface area contributed by atoms with Gasteiger partial charge >= 0.3 is 6.09 Å². The first kappa shape index (κ1) is 16.0. The number of H-pyrrole nitrogens is 1. The molecule has 2 aromatic rings. The smallest absolute Gasteiger partial charge is 0.407 e. The van der Waals surface area contributed by atoms with Crippen molar-refractivity contribution in [3.05, 3.63) is 44.8 Å². The standard InChI is InChI=1S/C16H18BrN3O3/c1-10-8-20(16(22)23)5-4-19(10)9-11-7-18-15(21)13-3-2-12(17)6-14(11)13/h2-3,6-7,10H,4-5,8-9H2,1H3,(H,18,21)(H,22,23)/t10-/m1/s1. The number of fused-ring (bicyclic) bond motifs is 1. The second-order valence-electron chi connectivity index (χ2n) is 5.88. The zero-order valence-electron chi connectivity index (χ0n) is 12.8. The molecule has 1 saturated heterocycles. The van der Waals surface area contributed by atoms with Gasteiger partial charge in [0.1, 0.15) is 0 Å². The molecule has 1 aromatic heterocycles. The largest absolute Gasteiger partial charge is 0.465 e. The monoisotopic (exact) mass is 379 g/mol. The van der Waals surface area contributed by atoms with Crippen molar-refractivity contribution in [3.63, 3.8) is 0 Å². The average Bonchev–Trinajstić information content (AvgIpc) is 2.51. The third-order valence-corrected chi connectivity index (χ3v) is 4.85. The maximum absolute atomic E-state index is 12.0. The van der Waals surface area contributed by atoms with Gasteiger partial charge in [0.2, 0.25) is 0 Å². The molecule has 0 aliphatic carbocycles. The van der Waals surface area contributed by atoms with Crippen LogP contribution in [0.5, 0.6) is 0 Å². The van der Waals surface area contributed by atoms with Crippen LogP contribution in [0.15, 0.2) is 33.7 Å². The first-order valence-corrected chi connectivity index (χ1v) is 8.27. The highest BCUT2D eigenvalue weighted by molar-refractivity contribution is 9.10. The number of nitrogens with one attached hydrogen (secondary N) is 1. The number of aromatic nitrogens is 1. The minimum Gasteiger partial charge on any atom is -0.465 e. The van der Waals surface area contributed by atoms with Crippen molar-refractivity contribution in [2.24, 2.45) is 0 Å². The molecule has 23 heavy (non-hydrogen) atoms. The topological polar surface area (TPSA) is 76.6 Å². The van der Waals surface area contributed by atoms with Crippen LogP contribution >= 0.6 is 15.9 Å². The minimum atomic E-state index is -0.866. The molecule has 1 amide bonds. The highest BCUT2D eigenvalue weighted by Crippen LogP contribution is 2.23. The molecule has 0 unspecified atom stereocenters. The van der Waals surface area contributed by atoms with Gasteiger partial charge in [-0.1, -0.05) is 15.9 Å². The van der Waals surface area contributed by atoms with Crippen LogP contribution in [0.2, 0.25) is 0 Å². The summed E-state index contributed by atoms with van der Waals surface area (Å²) in [4.78, 5) is 29.5. The number of pyridine rings is 1. The second-order valence-corrected chi connectivity index (χ2v) is 6.80. The van der Waals surface area contributed by atoms with Gasteiger partial charge in [0.05, 0.1) is 0 Å². The molecular weight excluding hydrogens is 362 g/mol. The van der Waals surface area contributed by atoms with E-state index in [1.165, 1.54) is 4.90 Å². The maximum Gasteiger partial charge on any atom is 0.407 e. The molecule has 122 valence electrons. The molecular formula is C16H18BrN3O3. The molecule has 0 spiro atoms. The molecule has 0 saturated carbocycles. The fourth-order valence-corrected chi connectivity index (χ4v) is 3.40. The lowest BCUT2D eigenvalue weighted by molar-refractivity contribution is 0.0714. The molecule has 0 bridgehead atoms. The molecule has 6 nitrogen and oxygen atoms in total. The van der Waals surface area contributed by atoms with E-state index >= 15 is 0 Å². The fraction of sp³-hybridized carbons (Fsp3) is 0.375. The van der Waals surface area contributed by atoms with Crippen molar-refractivity contribution >= 4 is 32.8 Å². The Kier molecular flexibility index (Phi) is 4.41. The molecule has 1 fully saturated rings. The Bertz CT molecular complexity index is 805. The van der Waals surface area contributed by atoms with E-state index in [1.807, 2.05) is 25.1 Å². The van der Waals surface area contributed by atoms with Crippen molar-refractivity contribution in [2.75, 3.05) is 19.6 Å². The van der Waals surface area contributed by atoms with Gasteiger partial charge in [-0.3, -0.25) is 9.69 Å². The van der Waals surface area contributed by atoms with Crippen LogP contribution in [0.3, 0.4) is 0 Å². The molecule has 1 aliphatic heterocycles. The number of rotatable bonds is 2. The van der Waals surface area contributed by atoms with Crippen molar-refractivity contribution in [2.45, 2.75) is 19.5 Å². The van der Waals surface area contributed by atoms with E-state index in [9.17, 15) is 9.59 Å². The number of hydrogen-bond acceptors (Lipinski definition) is 3. The number of halogens is 1. The number of piperazine rings is 1. The number of benzene rings is 1. The zero-order valence-corrected chi connectivity index (χ0v) is 14.3. The van der Waals surface area contributed by atoms with Gasteiger partial charge in [0.25, 0.3) is 5.56 Å². The number of amides is 1. The molecule has 7 heteroatoms. The van der Waals surface area contributed by atoms with E-state index in [0.29, 0.717) is 31.6 Å². The molecule has 0 radical (unpaired) electrons. The normalized spacial score (nSPS) is 19.2. The number of carbonyl (C=O) groups is 1. The van der Waals surface area contributed by atoms with E-state index < -0.39 is 6.09 Å². The first-order chi connectivity index (χ1) is 11.0. The lowest BCUT2D eigenvalue weighted by Crippen LogP contribution is -2.52. The van der Waals surface area contributed by atoms with Gasteiger partial charge in [-0.25, -0.2) is 4.79 Å². The molecule has 2 N–H and O–H groups in total. The lowest BCUT2D eigenvalue weighted by Gasteiger charge is -2.38. The Morgan fingerprint density at radius 1 is 1.39 bits per heavy atom. The van der Waals surface area contributed by atoms with E-state index in [4.69, 9.17) is 5.11 Å². The average molecular weight is 380 g/mol. The number of carboxylic acid groups (broad SMARTS) is 1. The molecule has 1 aliphatic rings. The summed E-state index contributed by atoms with van der Waals surface area (Å²) in [5, 5.41) is 10.7. The van der Waals surface area contributed by atoms with E-state index in [2.05, 4.69) is 25.8 Å². The van der Waals surface area contributed by atoms with Crippen LogP contribution in [0.25, 0.3) is 10.8 Å². The van der Waals surface area contributed by atoms with Crippen LogP contribution in [-0.2, 0) is 6.54 Å². The summed E-state index contributed by atoms with van der Waals surface area (Å²) in [6.07, 6.45) is 0.892. The maximum atomic E-state index is 12.0. The third kappa shape index (κ3) is 3.25. The Balaban J connectivity index is 1.88. The lowest BCUT2D eigenvalue weighted by atomic mass is 10.1. The molecule has 1 atom stereocenters. The summed E-state index contributed by atoms with van der Waals surface area (Å²) in [7, 11) is 0. The second kappa shape index (κ2) is 6.33. The highest BCUT2D eigenvalue weighted by atomic mass is 79.9. The van der Waals surface area contributed by atoms with Crippen molar-refractivity contribution in [1.82, 2.24) is 14.8 Å². The summed E-state index contributed by atoms with van der Waals surface area (Å²) in [6, 6.07) is 5.76. The highest BCUT2D eigenvalue weighted by Gasteiger charge is 2.26. The van der Waals surface area contributed by atoms with Crippen molar-refractivity contribution in [1.29, 1.82) is 0 Å². The van der Waals surface area contributed by atoms with Gasteiger partial charge in [0.15, 0.2) is 0 Å². The Hall–Kier alpha value is -1.86. The van der Waals surface area contributed by atoms with E-state index in [1.54, 1.807) is 6.20 Å². The number of hydrogen-bond donors (Lipinski definition) is 2. The first-order valence-electron chi connectivity index (χ1n) is 7.47. The van der Waals surface area contributed by atoms with Crippen LogP contribution in [0.4, 0.5) is 4.79 Å². The Labute approximate surface area is 141 Å². The molecule has 3 rings (SSSR count). The van der Waals surface area contributed by atoms with Gasteiger partial charge in [-0.15, -0.1) is 0 Å². The summed E-state index contributed by atoms with van der Waals surface area (Å²) in [5.41, 5.74) is 0.941. The summed E-state index contributed by atoms with van der Waals surface area (Å²) < 4.78 is 0.931. The van der Waals surface area contributed by atoms with Crippen LogP contribution in [-0.4, -0.2) is 51.7 Å². The summed E-state index contributed by atoms with van der Waals surface area (Å²) in [5.74, 6) is 0. The minimum absolute atomic E-state index is 0.0972. The van der Waals surface area contributed by atoms with Crippen LogP contribution in [0, 0.1) is 0 Å². The number of aromatic amines is 1. The Morgan fingerprint density at radius 3 is 2.87 bits per heavy atom. The van der Waals surface area contributed by atoms with Crippen LogP contribution in [0.1, 0.15) is 12.5 Å². The molecule has 2 heterocycles. The van der Waals surface area contributed by atoms with Gasteiger partial charge in [-0.05, 0) is 36.1 Å². The fourth-order valence-electron chi connectivity index (χ4n) is 3.04. The van der Waals surface area contributed by atoms with E-state index in [0.717, 1.165) is 15.4 Å². The quantitative estimate of drug-likeness (QED) is 0.840. The zero-order chi connectivity index (χ0) is 16.6. The van der Waals surface area contributed by atoms with E-state index in [-0.39, 0.29) is 11.6 Å². The van der Waals surface area contributed by atoms with Gasteiger partial charge in [-0.2, -0.15) is 0 Å².